The average molecular weight is 1020 g/mol. The molecule has 374 valence electrons. The molecule has 0 atom stereocenters. The number of fused-ring (bicyclic) bond motifs is 1. The van der Waals surface area contributed by atoms with Crippen molar-refractivity contribution in [1.29, 1.82) is 0 Å². The zero-order valence-corrected chi connectivity index (χ0v) is 42.0. The fourth-order valence-electron chi connectivity index (χ4n) is 8.51. The number of unbranched alkanes of at least 4 members (excludes halogenated alkanes) is 6. The molecule has 0 saturated heterocycles. The number of Topliss-reactive ketones (excluding diaryl/α,β-unsaturated/α-hetero) is 1. The SMILES string of the molecule is C=CC(=O)OCCCCCCOc1ccc(OC(=O)C2CCC(C(=O)Cc3ccc(OC(=O)C4CCC(C(=O)Oc5ccc(OCCCCCCOC(=O)C=C)cc5)CC4)c4sc(=S)sc34)CC2)cc1. The summed E-state index contributed by atoms with van der Waals surface area (Å²) in [7, 11) is 0. The fourth-order valence-corrected chi connectivity index (χ4v) is 11.2. The van der Waals surface area contributed by atoms with Gasteiger partial charge in [-0.25, -0.2) is 9.59 Å². The second-order valence-electron chi connectivity index (χ2n) is 17.6. The van der Waals surface area contributed by atoms with Crippen LogP contribution in [0.1, 0.15) is 108 Å². The monoisotopic (exact) mass is 1010 g/mol. The molecule has 70 heavy (non-hydrogen) atoms. The van der Waals surface area contributed by atoms with E-state index in [-0.39, 0.29) is 53.8 Å². The summed E-state index contributed by atoms with van der Waals surface area (Å²) in [5, 5.41) is 0. The molecule has 0 aliphatic heterocycles. The standard InChI is InChI=1S/C54H62O13S3/c1-3-47(56)63-33-11-7-5-9-31-61-41-22-26-43(27-23-41)65-51(58)37-15-13-36(14-16-37)45(55)35-40-21-30-46(50-49(40)69-54(68)70-50)67-53(60)39-19-17-38(18-20-39)52(59)66-44-28-24-42(25-29-44)62-32-10-6-8-12-34-64-48(57)4-2/h3-4,21-30,36-39H,1-2,5-20,31-35H2. The van der Waals surface area contributed by atoms with Crippen LogP contribution >= 0.6 is 34.9 Å². The molecule has 2 aliphatic rings. The zero-order chi connectivity index (χ0) is 49.7. The van der Waals surface area contributed by atoms with Crippen molar-refractivity contribution in [3.8, 4) is 28.7 Å². The topological polar surface area (TPSA) is 167 Å². The van der Waals surface area contributed by atoms with Crippen LogP contribution < -0.4 is 23.7 Å². The molecule has 0 radical (unpaired) electrons. The minimum Gasteiger partial charge on any atom is -0.494 e. The van der Waals surface area contributed by atoms with Crippen molar-refractivity contribution in [1.82, 2.24) is 0 Å². The molecule has 0 spiro atoms. The Morgan fingerprint density at radius 1 is 0.486 bits per heavy atom. The van der Waals surface area contributed by atoms with Gasteiger partial charge >= 0.3 is 29.8 Å². The minimum atomic E-state index is -0.407. The van der Waals surface area contributed by atoms with Crippen LogP contribution in [0.25, 0.3) is 9.40 Å². The van der Waals surface area contributed by atoms with E-state index >= 15 is 0 Å². The first-order chi connectivity index (χ1) is 34.0. The van der Waals surface area contributed by atoms with E-state index in [1.165, 1.54) is 22.7 Å². The van der Waals surface area contributed by atoms with Crippen molar-refractivity contribution in [3.05, 3.63) is 94.7 Å². The van der Waals surface area contributed by atoms with Crippen LogP contribution in [0.4, 0.5) is 0 Å². The fraction of sp³-hybridized carbons (Fsp3) is 0.463. The largest absolute Gasteiger partial charge is 0.494 e. The van der Waals surface area contributed by atoms with Crippen LogP contribution in [0, 0.1) is 26.8 Å². The molecule has 4 aromatic rings. The van der Waals surface area contributed by atoms with Gasteiger partial charge in [-0.3, -0.25) is 19.2 Å². The summed E-state index contributed by atoms with van der Waals surface area (Å²) in [5.74, 6) is -0.197. The molecule has 2 saturated carbocycles. The number of hydrogen-bond donors (Lipinski definition) is 0. The van der Waals surface area contributed by atoms with Crippen LogP contribution in [0.15, 0.2) is 86.0 Å². The van der Waals surface area contributed by atoms with Crippen molar-refractivity contribution in [2.75, 3.05) is 26.4 Å². The van der Waals surface area contributed by atoms with E-state index in [1.54, 1.807) is 54.6 Å². The van der Waals surface area contributed by atoms with Crippen molar-refractivity contribution in [3.63, 3.8) is 0 Å². The number of carbonyl (C=O) groups excluding carboxylic acids is 6. The van der Waals surface area contributed by atoms with Gasteiger partial charge < -0.3 is 33.2 Å². The summed E-state index contributed by atoms with van der Waals surface area (Å²) in [5.41, 5.74) is 0.838. The normalized spacial score (nSPS) is 17.7. The maximum atomic E-state index is 13.7. The van der Waals surface area contributed by atoms with Crippen LogP contribution in [0.5, 0.6) is 28.7 Å². The number of ketones is 1. The number of rotatable bonds is 27. The van der Waals surface area contributed by atoms with E-state index in [4.69, 9.17) is 45.4 Å². The van der Waals surface area contributed by atoms with Crippen molar-refractivity contribution in [2.24, 2.45) is 23.7 Å². The Morgan fingerprint density at radius 3 is 1.31 bits per heavy atom. The third-order valence-corrected chi connectivity index (χ3v) is 15.3. The van der Waals surface area contributed by atoms with E-state index < -0.39 is 11.9 Å². The third kappa shape index (κ3) is 17.0. The van der Waals surface area contributed by atoms with Gasteiger partial charge in [0.05, 0.1) is 53.6 Å². The Bertz CT molecular complexity index is 2290. The lowest BCUT2D eigenvalue weighted by molar-refractivity contribution is -0.145. The van der Waals surface area contributed by atoms with Gasteiger partial charge in [0.2, 0.25) is 0 Å². The molecule has 2 fully saturated rings. The van der Waals surface area contributed by atoms with E-state index in [0.717, 1.165) is 78.5 Å². The summed E-state index contributed by atoms with van der Waals surface area (Å²) in [4.78, 5) is 75.5. The molecule has 0 unspecified atom stereocenters. The Kier molecular flexibility index (Phi) is 21.6. The molecule has 13 nitrogen and oxygen atoms in total. The molecular weight excluding hydrogens is 953 g/mol. The van der Waals surface area contributed by atoms with E-state index in [2.05, 4.69) is 13.2 Å². The molecular formula is C54H62O13S3. The lowest BCUT2D eigenvalue weighted by Crippen LogP contribution is -2.30. The van der Waals surface area contributed by atoms with Gasteiger partial charge in [-0.05, 0) is 163 Å². The Labute approximate surface area is 422 Å². The number of hydrogen-bond acceptors (Lipinski definition) is 16. The third-order valence-electron chi connectivity index (χ3n) is 12.5. The van der Waals surface area contributed by atoms with Gasteiger partial charge in [0, 0.05) is 24.5 Å². The molecule has 0 N–H and O–H groups in total. The molecule has 16 heteroatoms. The first-order valence-electron chi connectivity index (χ1n) is 24.3. The van der Waals surface area contributed by atoms with Gasteiger partial charge in [0.1, 0.15) is 37.7 Å². The van der Waals surface area contributed by atoms with Crippen molar-refractivity contribution < 1.29 is 61.9 Å². The highest BCUT2D eigenvalue weighted by molar-refractivity contribution is 7.77. The van der Waals surface area contributed by atoms with E-state index in [1.807, 2.05) is 6.07 Å². The highest BCUT2D eigenvalue weighted by Gasteiger charge is 2.34. The predicted octanol–water partition coefficient (Wildman–Crippen LogP) is 11.9. The highest BCUT2D eigenvalue weighted by atomic mass is 32.2. The quantitative estimate of drug-likeness (QED) is 0.0182. The van der Waals surface area contributed by atoms with Gasteiger partial charge in [0.15, 0.2) is 0 Å². The number of carbonyl (C=O) groups is 6. The average Bonchev–Trinajstić information content (AvgIpc) is 3.79. The van der Waals surface area contributed by atoms with Gasteiger partial charge in [-0.1, -0.05) is 31.4 Å². The molecule has 0 bridgehead atoms. The summed E-state index contributed by atoms with van der Waals surface area (Å²) in [6.07, 6.45) is 13.9. The molecule has 1 aromatic heterocycles. The van der Waals surface area contributed by atoms with Gasteiger partial charge in [-0.2, -0.15) is 0 Å². The Balaban J connectivity index is 0.874. The molecule has 6 rings (SSSR count). The first kappa shape index (κ1) is 53.6. The van der Waals surface area contributed by atoms with Gasteiger partial charge in [0.25, 0.3) is 0 Å². The number of benzene rings is 3. The highest BCUT2D eigenvalue weighted by Crippen LogP contribution is 2.41. The molecule has 2 aliphatic carbocycles. The maximum absolute atomic E-state index is 13.7. The van der Waals surface area contributed by atoms with Crippen LogP contribution in [-0.4, -0.2) is 62.1 Å². The molecule has 0 amide bonds. The summed E-state index contributed by atoms with van der Waals surface area (Å²) < 4.78 is 41.2. The van der Waals surface area contributed by atoms with Crippen LogP contribution in [-0.2, 0) is 44.7 Å². The smallest absolute Gasteiger partial charge is 0.330 e. The lowest BCUT2D eigenvalue weighted by atomic mass is 9.79. The summed E-state index contributed by atoms with van der Waals surface area (Å²) >= 11 is 8.33. The Morgan fingerprint density at radius 2 is 0.871 bits per heavy atom. The van der Waals surface area contributed by atoms with Crippen molar-refractivity contribution >= 4 is 79.9 Å². The first-order valence-corrected chi connectivity index (χ1v) is 26.3. The van der Waals surface area contributed by atoms with Crippen LogP contribution in [0.3, 0.4) is 0 Å². The zero-order valence-electron chi connectivity index (χ0n) is 39.5. The second kappa shape index (κ2) is 28.2. The molecule has 1 heterocycles. The second-order valence-corrected chi connectivity index (χ2v) is 20.8. The summed E-state index contributed by atoms with van der Waals surface area (Å²) in [6.45, 7) is 8.62. The lowest BCUT2D eigenvalue weighted by Gasteiger charge is -2.26. The predicted molar refractivity (Wildman–Crippen MR) is 270 cm³/mol. The molecule has 3 aromatic carbocycles. The Hall–Kier alpha value is -5.71. The van der Waals surface area contributed by atoms with Crippen LogP contribution in [0.2, 0.25) is 0 Å². The number of ether oxygens (including phenoxy) is 7. The minimum absolute atomic E-state index is 0.106. The van der Waals surface area contributed by atoms with E-state index in [0.29, 0.717) is 110 Å². The number of esters is 5. The van der Waals surface area contributed by atoms with Gasteiger partial charge in [-0.15, -0.1) is 22.7 Å². The van der Waals surface area contributed by atoms with Crippen molar-refractivity contribution in [2.45, 2.75) is 109 Å². The summed E-state index contributed by atoms with van der Waals surface area (Å²) in [6, 6.07) is 17.5. The van der Waals surface area contributed by atoms with E-state index in [9.17, 15) is 28.8 Å². The maximum Gasteiger partial charge on any atom is 0.330 e.